The molecule has 1 aromatic carbocycles. The van der Waals surface area contributed by atoms with Gasteiger partial charge in [0.1, 0.15) is 7.05 Å². The van der Waals surface area contributed by atoms with Crippen LogP contribution < -0.4 is 0 Å². The van der Waals surface area contributed by atoms with E-state index in [1.54, 1.807) is 0 Å². The maximum absolute atomic E-state index is 4.92. The molecule has 100 valence electrons. The second kappa shape index (κ2) is 3.36. The van der Waals surface area contributed by atoms with E-state index in [1.807, 2.05) is 0 Å². The van der Waals surface area contributed by atoms with Gasteiger partial charge in [-0.05, 0) is 32.4 Å². The Labute approximate surface area is 115 Å². The lowest BCUT2D eigenvalue weighted by atomic mass is 9.76. The number of hydrogen-bond donors (Lipinski definition) is 0. The summed E-state index contributed by atoms with van der Waals surface area (Å²) in [7, 11) is 2.16. The fourth-order valence-corrected chi connectivity index (χ4v) is 3.38. The van der Waals surface area contributed by atoms with E-state index >= 15 is 0 Å². The van der Waals surface area contributed by atoms with Crippen molar-refractivity contribution in [3.63, 3.8) is 0 Å². The molecule has 0 saturated heterocycles. The molecular formula is C17H23N2+. The molecule has 0 spiro atoms. The Morgan fingerprint density at radius 2 is 1.63 bits per heavy atom. The van der Waals surface area contributed by atoms with Gasteiger partial charge in [-0.3, -0.25) is 4.99 Å². The molecule has 0 atom stereocenters. The minimum Gasteiger partial charge on any atom is -0.256 e. The Hall–Kier alpha value is -1.44. The summed E-state index contributed by atoms with van der Waals surface area (Å²) < 4.78 is 2.31. The summed E-state index contributed by atoms with van der Waals surface area (Å²) in [6.45, 7) is 13.5. The third-order valence-corrected chi connectivity index (χ3v) is 5.41. The van der Waals surface area contributed by atoms with Crippen molar-refractivity contribution < 1.29 is 4.58 Å². The van der Waals surface area contributed by atoms with Gasteiger partial charge in [0, 0.05) is 24.1 Å². The van der Waals surface area contributed by atoms with Crippen molar-refractivity contribution in [1.82, 2.24) is 0 Å². The van der Waals surface area contributed by atoms with Crippen molar-refractivity contribution in [2.24, 2.45) is 4.99 Å². The van der Waals surface area contributed by atoms with Gasteiger partial charge in [0.05, 0.1) is 16.7 Å². The van der Waals surface area contributed by atoms with Crippen LogP contribution in [0.15, 0.2) is 17.1 Å². The highest BCUT2D eigenvalue weighted by Gasteiger charge is 2.47. The lowest BCUT2D eigenvalue weighted by Crippen LogP contribution is -2.26. The SMILES string of the molecule is CC1=Nc2c(ccc3c2C(C)(C)C(C)=[N+]3C)C1(C)C. The van der Waals surface area contributed by atoms with Crippen LogP contribution in [0.3, 0.4) is 0 Å². The van der Waals surface area contributed by atoms with Crippen LogP contribution in [0.25, 0.3) is 0 Å². The normalized spacial score (nSPS) is 22.4. The number of fused-ring (bicyclic) bond motifs is 3. The van der Waals surface area contributed by atoms with Crippen molar-refractivity contribution >= 4 is 22.8 Å². The Bertz CT molecular complexity index is 658. The third-order valence-electron chi connectivity index (χ3n) is 5.41. The molecule has 2 heteroatoms. The van der Waals surface area contributed by atoms with Gasteiger partial charge in [0.2, 0.25) is 5.69 Å². The van der Waals surface area contributed by atoms with Crippen molar-refractivity contribution in [1.29, 1.82) is 0 Å². The highest BCUT2D eigenvalue weighted by Crippen LogP contribution is 2.51. The minimum atomic E-state index is 0.0650. The average molecular weight is 255 g/mol. The molecule has 0 amide bonds. The Morgan fingerprint density at radius 3 is 2.26 bits per heavy atom. The largest absolute Gasteiger partial charge is 0.256 e. The minimum absolute atomic E-state index is 0.0650. The van der Waals surface area contributed by atoms with Crippen LogP contribution in [0.1, 0.15) is 52.7 Å². The summed E-state index contributed by atoms with van der Waals surface area (Å²) in [6, 6.07) is 4.53. The molecule has 0 saturated carbocycles. The molecule has 0 aromatic heterocycles. The van der Waals surface area contributed by atoms with Crippen LogP contribution in [-0.4, -0.2) is 23.0 Å². The van der Waals surface area contributed by atoms with E-state index in [0.717, 1.165) is 0 Å². The Kier molecular flexibility index (Phi) is 2.22. The second-order valence-corrected chi connectivity index (χ2v) is 6.95. The van der Waals surface area contributed by atoms with Crippen LogP contribution in [0.2, 0.25) is 0 Å². The van der Waals surface area contributed by atoms with Crippen LogP contribution in [0.4, 0.5) is 11.4 Å². The predicted octanol–water partition coefficient (Wildman–Crippen LogP) is 4.10. The molecule has 0 N–H and O–H groups in total. The summed E-state index contributed by atoms with van der Waals surface area (Å²) in [6.07, 6.45) is 0. The predicted molar refractivity (Wildman–Crippen MR) is 81.8 cm³/mol. The maximum Gasteiger partial charge on any atom is 0.211 e. The number of rotatable bonds is 0. The van der Waals surface area contributed by atoms with E-state index in [1.165, 1.54) is 33.9 Å². The highest BCUT2D eigenvalue weighted by molar-refractivity contribution is 6.03. The zero-order chi connectivity index (χ0) is 14.2. The zero-order valence-corrected chi connectivity index (χ0v) is 13.0. The first-order chi connectivity index (χ1) is 8.69. The first-order valence-electron chi connectivity index (χ1n) is 7.00. The molecule has 2 aliphatic rings. The fraction of sp³-hybridized carbons (Fsp3) is 0.529. The molecule has 19 heavy (non-hydrogen) atoms. The number of aliphatic imine (C=N–C) groups is 1. The summed E-state index contributed by atoms with van der Waals surface area (Å²) in [5, 5.41) is 0. The molecule has 0 unspecified atom stereocenters. The van der Waals surface area contributed by atoms with E-state index in [4.69, 9.17) is 4.99 Å². The Balaban J connectivity index is 2.37. The van der Waals surface area contributed by atoms with Gasteiger partial charge in [0.25, 0.3) is 0 Å². The zero-order valence-electron chi connectivity index (χ0n) is 13.0. The van der Waals surface area contributed by atoms with Crippen LogP contribution in [0.5, 0.6) is 0 Å². The smallest absolute Gasteiger partial charge is 0.211 e. The Morgan fingerprint density at radius 1 is 1.00 bits per heavy atom. The van der Waals surface area contributed by atoms with Crippen LogP contribution >= 0.6 is 0 Å². The first kappa shape index (κ1) is 12.6. The fourth-order valence-electron chi connectivity index (χ4n) is 3.38. The number of hydrogen-bond acceptors (Lipinski definition) is 1. The molecular weight excluding hydrogens is 232 g/mol. The van der Waals surface area contributed by atoms with E-state index in [2.05, 4.69) is 65.3 Å². The van der Waals surface area contributed by atoms with E-state index in [-0.39, 0.29) is 10.8 Å². The average Bonchev–Trinajstić information content (AvgIpc) is 2.66. The summed E-state index contributed by atoms with van der Waals surface area (Å²) in [5.41, 5.74) is 8.06. The molecule has 1 aromatic rings. The van der Waals surface area contributed by atoms with Gasteiger partial charge in [0.15, 0.2) is 5.71 Å². The molecule has 0 bridgehead atoms. The number of benzene rings is 1. The second-order valence-electron chi connectivity index (χ2n) is 6.95. The molecule has 2 heterocycles. The van der Waals surface area contributed by atoms with Gasteiger partial charge >= 0.3 is 0 Å². The molecule has 0 fully saturated rings. The van der Waals surface area contributed by atoms with Crippen molar-refractivity contribution in [2.75, 3.05) is 7.05 Å². The lowest BCUT2D eigenvalue weighted by Gasteiger charge is -2.22. The van der Waals surface area contributed by atoms with E-state index < -0.39 is 0 Å². The van der Waals surface area contributed by atoms with Gasteiger partial charge in [-0.25, -0.2) is 4.58 Å². The molecule has 3 rings (SSSR count). The van der Waals surface area contributed by atoms with Crippen molar-refractivity contribution in [2.45, 2.75) is 52.4 Å². The summed E-state index contributed by atoms with van der Waals surface area (Å²) in [5.74, 6) is 0. The lowest BCUT2D eigenvalue weighted by molar-refractivity contribution is -0.403. The van der Waals surface area contributed by atoms with Crippen LogP contribution in [0, 0.1) is 0 Å². The standard InChI is InChI=1S/C17H23N2/c1-10-16(3,4)12-8-9-13-14(15(12)18-10)17(5,6)11(2)19(13)7/h8-9H,1-7H3/q+1. The molecule has 2 aliphatic heterocycles. The third kappa shape index (κ3) is 1.32. The highest BCUT2D eigenvalue weighted by atomic mass is 15.0. The van der Waals surface area contributed by atoms with Gasteiger partial charge in [-0.2, -0.15) is 0 Å². The van der Waals surface area contributed by atoms with Gasteiger partial charge < -0.3 is 0 Å². The van der Waals surface area contributed by atoms with E-state index in [0.29, 0.717) is 0 Å². The van der Waals surface area contributed by atoms with E-state index in [9.17, 15) is 0 Å². The van der Waals surface area contributed by atoms with Crippen molar-refractivity contribution in [3.8, 4) is 0 Å². The van der Waals surface area contributed by atoms with Crippen LogP contribution in [-0.2, 0) is 10.8 Å². The summed E-state index contributed by atoms with van der Waals surface area (Å²) in [4.78, 5) is 4.92. The van der Waals surface area contributed by atoms with Crippen molar-refractivity contribution in [3.05, 3.63) is 23.3 Å². The van der Waals surface area contributed by atoms with Gasteiger partial charge in [-0.15, -0.1) is 0 Å². The topological polar surface area (TPSA) is 15.4 Å². The number of nitrogens with zero attached hydrogens (tertiary/aromatic N) is 2. The monoisotopic (exact) mass is 255 g/mol. The quantitative estimate of drug-likeness (QED) is 0.620. The van der Waals surface area contributed by atoms with Gasteiger partial charge in [-0.1, -0.05) is 13.8 Å². The summed E-state index contributed by atoms with van der Waals surface area (Å²) >= 11 is 0. The molecule has 0 aliphatic carbocycles. The molecule has 2 nitrogen and oxygen atoms in total. The maximum atomic E-state index is 4.92. The molecule has 0 radical (unpaired) electrons. The first-order valence-corrected chi connectivity index (χ1v) is 7.00.